The molecule has 3 rings (SSSR count). The molecule has 0 radical (unpaired) electrons. The minimum Gasteiger partial charge on any atom is -0.496 e. The molecule has 0 spiro atoms. The van der Waals surface area contributed by atoms with Crippen molar-refractivity contribution in [3.8, 4) is 34.3 Å². The van der Waals surface area contributed by atoms with E-state index in [-0.39, 0.29) is 5.43 Å². The van der Waals surface area contributed by atoms with Crippen LogP contribution < -0.4 is 24.4 Å². The van der Waals surface area contributed by atoms with Crippen molar-refractivity contribution in [2.75, 3.05) is 35.0 Å². The molecule has 0 unspecified atom stereocenters. The fraction of sp³-hybridized carbons (Fsp3) is 0.531. The molecule has 1 N–H and O–H groups in total. The van der Waals surface area contributed by atoms with Crippen LogP contribution in [-0.2, 0) is 6.42 Å². The second-order valence-electron chi connectivity index (χ2n) is 9.87. The lowest BCUT2D eigenvalue weighted by atomic mass is 10.00. The number of fused-ring (bicyclic) bond motifs is 1. The predicted octanol–water partition coefficient (Wildman–Crippen LogP) is 7.32. The molecular weight excluding hydrogens is 496 g/mol. The molecule has 0 aliphatic carbocycles. The van der Waals surface area contributed by atoms with E-state index in [1.54, 1.807) is 46.6 Å². The summed E-state index contributed by atoms with van der Waals surface area (Å²) in [5.41, 5.74) is 1.86. The SMILES string of the molecule is COc1ccc(-c2cc(=O)c3c(OC)c(CCCCCCCCCCCCCO)c(OC)cc3o2)cc1OC. The fourth-order valence-corrected chi connectivity index (χ4v) is 5.09. The van der Waals surface area contributed by atoms with Crippen molar-refractivity contribution in [3.05, 3.63) is 46.1 Å². The zero-order chi connectivity index (χ0) is 28.0. The summed E-state index contributed by atoms with van der Waals surface area (Å²) in [5.74, 6) is 2.77. The Morgan fingerprint density at radius 2 is 1.26 bits per heavy atom. The van der Waals surface area contributed by atoms with Gasteiger partial charge in [-0.05, 0) is 37.5 Å². The molecule has 3 aromatic rings. The van der Waals surface area contributed by atoms with Crippen molar-refractivity contribution < 1.29 is 28.5 Å². The maximum atomic E-state index is 13.3. The first-order valence-corrected chi connectivity index (χ1v) is 14.1. The van der Waals surface area contributed by atoms with Crippen molar-refractivity contribution in [1.82, 2.24) is 0 Å². The number of unbranched alkanes of at least 4 members (excludes halogenated alkanes) is 10. The maximum Gasteiger partial charge on any atom is 0.197 e. The third-order valence-electron chi connectivity index (χ3n) is 7.21. The third kappa shape index (κ3) is 8.15. The first-order valence-electron chi connectivity index (χ1n) is 14.1. The topological polar surface area (TPSA) is 87.4 Å². The summed E-state index contributed by atoms with van der Waals surface area (Å²) >= 11 is 0. The van der Waals surface area contributed by atoms with E-state index in [1.165, 1.54) is 51.0 Å². The van der Waals surface area contributed by atoms with E-state index in [0.29, 0.717) is 51.9 Å². The molecule has 0 aliphatic rings. The van der Waals surface area contributed by atoms with Gasteiger partial charge in [0, 0.05) is 29.9 Å². The Morgan fingerprint density at radius 1 is 0.667 bits per heavy atom. The molecule has 0 saturated heterocycles. The van der Waals surface area contributed by atoms with Gasteiger partial charge < -0.3 is 28.5 Å². The molecule has 0 saturated carbocycles. The summed E-state index contributed by atoms with van der Waals surface area (Å²) in [6.45, 7) is 0.311. The van der Waals surface area contributed by atoms with Crippen LogP contribution in [0.15, 0.2) is 39.5 Å². The average molecular weight is 541 g/mol. The molecule has 0 fully saturated rings. The molecule has 0 amide bonds. The number of hydrogen-bond donors (Lipinski definition) is 1. The second kappa shape index (κ2) is 16.0. The first-order chi connectivity index (χ1) is 19.1. The summed E-state index contributed by atoms with van der Waals surface area (Å²) in [4.78, 5) is 13.3. The summed E-state index contributed by atoms with van der Waals surface area (Å²) in [7, 11) is 6.36. The molecule has 1 heterocycles. The highest BCUT2D eigenvalue weighted by Gasteiger charge is 2.20. The Labute approximate surface area is 232 Å². The van der Waals surface area contributed by atoms with E-state index in [4.69, 9.17) is 28.5 Å². The van der Waals surface area contributed by atoms with Crippen molar-refractivity contribution in [3.63, 3.8) is 0 Å². The molecule has 0 aliphatic heterocycles. The van der Waals surface area contributed by atoms with Crippen LogP contribution in [0.25, 0.3) is 22.3 Å². The number of rotatable bonds is 18. The van der Waals surface area contributed by atoms with E-state index in [0.717, 1.165) is 37.7 Å². The second-order valence-corrected chi connectivity index (χ2v) is 9.87. The van der Waals surface area contributed by atoms with Gasteiger partial charge in [0.1, 0.15) is 28.2 Å². The predicted molar refractivity (Wildman–Crippen MR) is 156 cm³/mol. The lowest BCUT2D eigenvalue weighted by Gasteiger charge is -2.16. The van der Waals surface area contributed by atoms with Gasteiger partial charge in [0.25, 0.3) is 0 Å². The van der Waals surface area contributed by atoms with Crippen LogP contribution in [0.4, 0.5) is 0 Å². The monoisotopic (exact) mass is 540 g/mol. The Morgan fingerprint density at radius 3 is 1.82 bits per heavy atom. The normalized spacial score (nSPS) is 11.1. The molecular formula is C32H44O7. The lowest BCUT2D eigenvalue weighted by Crippen LogP contribution is -2.06. The highest BCUT2D eigenvalue weighted by molar-refractivity contribution is 5.88. The van der Waals surface area contributed by atoms with Crippen LogP contribution in [0, 0.1) is 0 Å². The number of aliphatic hydroxyl groups excluding tert-OH is 1. The summed E-state index contributed by atoms with van der Waals surface area (Å²) < 4.78 is 28.4. The molecule has 2 aromatic carbocycles. The Balaban J connectivity index is 1.67. The van der Waals surface area contributed by atoms with Crippen molar-refractivity contribution in [2.45, 2.75) is 77.0 Å². The van der Waals surface area contributed by atoms with Crippen molar-refractivity contribution in [1.29, 1.82) is 0 Å². The Bertz CT molecular complexity index is 1230. The largest absolute Gasteiger partial charge is 0.496 e. The van der Waals surface area contributed by atoms with Gasteiger partial charge in [-0.2, -0.15) is 0 Å². The van der Waals surface area contributed by atoms with Gasteiger partial charge in [-0.15, -0.1) is 0 Å². The van der Waals surface area contributed by atoms with Crippen LogP contribution in [-0.4, -0.2) is 40.2 Å². The quantitative estimate of drug-likeness (QED) is 0.169. The van der Waals surface area contributed by atoms with Gasteiger partial charge in [0.05, 0.1) is 28.4 Å². The van der Waals surface area contributed by atoms with E-state index >= 15 is 0 Å². The number of hydrogen-bond acceptors (Lipinski definition) is 7. The van der Waals surface area contributed by atoms with Crippen LogP contribution in [0.1, 0.15) is 76.2 Å². The van der Waals surface area contributed by atoms with E-state index in [1.807, 2.05) is 6.07 Å². The average Bonchev–Trinajstić information content (AvgIpc) is 2.96. The molecule has 7 nitrogen and oxygen atoms in total. The Hall–Kier alpha value is -3.19. The van der Waals surface area contributed by atoms with E-state index < -0.39 is 0 Å². The summed E-state index contributed by atoms with van der Waals surface area (Å²) in [6.07, 6.45) is 13.7. The minimum absolute atomic E-state index is 0.168. The molecule has 214 valence electrons. The number of aliphatic hydroxyl groups is 1. The molecule has 0 atom stereocenters. The standard InChI is InChI=1S/C32H44O7/c1-35-26-18-17-23(20-29(26)37-3)27-21-25(34)31-30(39-27)22-28(36-2)24(32(31)38-4)16-14-12-10-8-6-5-7-9-11-13-15-19-33/h17-18,20-22,33H,5-16,19H2,1-4H3. The molecule has 7 heteroatoms. The van der Waals surface area contributed by atoms with E-state index in [2.05, 4.69) is 0 Å². The smallest absolute Gasteiger partial charge is 0.197 e. The number of methoxy groups -OCH3 is 4. The summed E-state index contributed by atoms with van der Waals surface area (Å²) in [6, 6.07) is 8.68. The van der Waals surface area contributed by atoms with Crippen LogP contribution in [0.2, 0.25) is 0 Å². The van der Waals surface area contributed by atoms with Crippen LogP contribution in [0.3, 0.4) is 0 Å². The highest BCUT2D eigenvalue weighted by Crippen LogP contribution is 2.39. The third-order valence-corrected chi connectivity index (χ3v) is 7.21. The number of benzene rings is 2. The molecule has 0 bridgehead atoms. The minimum atomic E-state index is -0.168. The molecule has 39 heavy (non-hydrogen) atoms. The fourth-order valence-electron chi connectivity index (χ4n) is 5.09. The summed E-state index contributed by atoms with van der Waals surface area (Å²) in [5, 5.41) is 9.27. The van der Waals surface area contributed by atoms with Gasteiger partial charge in [-0.1, -0.05) is 57.8 Å². The zero-order valence-electron chi connectivity index (χ0n) is 24.0. The van der Waals surface area contributed by atoms with Gasteiger partial charge >= 0.3 is 0 Å². The van der Waals surface area contributed by atoms with Gasteiger partial charge in [0.15, 0.2) is 16.9 Å². The van der Waals surface area contributed by atoms with Gasteiger partial charge in [-0.25, -0.2) is 0 Å². The maximum absolute atomic E-state index is 13.3. The van der Waals surface area contributed by atoms with Gasteiger partial charge in [0.2, 0.25) is 0 Å². The van der Waals surface area contributed by atoms with Crippen LogP contribution in [0.5, 0.6) is 23.0 Å². The lowest BCUT2D eigenvalue weighted by molar-refractivity contribution is 0.282. The zero-order valence-corrected chi connectivity index (χ0v) is 24.0. The first kappa shape index (κ1) is 30.4. The number of ether oxygens (including phenoxy) is 4. The van der Waals surface area contributed by atoms with Crippen LogP contribution >= 0.6 is 0 Å². The molecule has 1 aromatic heterocycles. The van der Waals surface area contributed by atoms with Crippen molar-refractivity contribution in [2.24, 2.45) is 0 Å². The Kier molecular flexibility index (Phi) is 12.5. The van der Waals surface area contributed by atoms with Gasteiger partial charge in [-0.3, -0.25) is 4.79 Å². The van der Waals surface area contributed by atoms with E-state index in [9.17, 15) is 4.79 Å². The highest BCUT2D eigenvalue weighted by atomic mass is 16.5. The van der Waals surface area contributed by atoms with Crippen molar-refractivity contribution >= 4 is 11.0 Å².